The lowest BCUT2D eigenvalue weighted by molar-refractivity contribution is -0.387. The van der Waals surface area contributed by atoms with E-state index in [9.17, 15) is 93.4 Å². The molecule has 0 bridgehead atoms. The minimum Gasteiger partial charge on any atom is -0.396 e. The lowest BCUT2D eigenvalue weighted by Crippen LogP contribution is -2.16. The van der Waals surface area contributed by atoms with Crippen LogP contribution >= 0.6 is 33.3 Å². The number of sulfonamides is 1. The summed E-state index contributed by atoms with van der Waals surface area (Å²) < 4.78 is 115. The van der Waals surface area contributed by atoms with Crippen LogP contribution in [0.3, 0.4) is 0 Å². The number of halogens is 7. The maximum Gasteiger partial charge on any atom is 0.305 e. The van der Waals surface area contributed by atoms with Gasteiger partial charge in [-0.25, -0.2) is 70.5 Å². The monoisotopic (exact) mass is 1720 g/mol. The summed E-state index contributed by atoms with van der Waals surface area (Å²) >= 11 is 2.19. The Morgan fingerprint density at radius 1 is 0.540 bits per heavy atom. The van der Waals surface area contributed by atoms with Gasteiger partial charge in [0.15, 0.2) is 35.3 Å². The number of fused-ring (bicyclic) bond motifs is 5. The fourth-order valence-corrected chi connectivity index (χ4v) is 11.0. The van der Waals surface area contributed by atoms with Crippen molar-refractivity contribution >= 4 is 158 Å². The molecule has 0 aliphatic carbocycles. The molecule has 113 heavy (non-hydrogen) atoms. The average molecular weight is 1720 g/mol. The van der Waals surface area contributed by atoms with Crippen LogP contribution in [0.4, 0.5) is 56.2 Å². The highest BCUT2D eigenvalue weighted by atomic mass is 127. The van der Waals surface area contributed by atoms with Gasteiger partial charge in [-0.2, -0.15) is 18.5 Å². The Morgan fingerprint density at radius 3 is 1.41 bits per heavy atom. The largest absolute Gasteiger partial charge is 0.396 e. The number of hydrogen-bond donors (Lipinski definition) is 8. The molecule has 576 valence electrons. The van der Waals surface area contributed by atoms with Gasteiger partial charge in [0.25, 0.3) is 5.82 Å². The Morgan fingerprint density at radius 2 is 0.938 bits per heavy atom. The molecule has 15 rings (SSSR count). The number of nitrogen functional groups attached to an aromatic ring is 1. The Labute approximate surface area is 648 Å². The molecule has 0 saturated heterocycles. The molecule has 0 fully saturated rings. The van der Waals surface area contributed by atoms with E-state index in [0.717, 1.165) is 33.2 Å². The lowest BCUT2D eigenvalue weighted by atomic mass is 10.0. The smallest absolute Gasteiger partial charge is 0.305 e. The number of carbonyl (C=O) groups excluding carboxylic acids is 4. The number of nitrogens with one attached hydrogen (secondary N) is 6. The first-order chi connectivity index (χ1) is 53.9. The van der Waals surface area contributed by atoms with Crippen molar-refractivity contribution in [1.29, 1.82) is 0 Å². The number of nitrogens with zero attached hydrogens (tertiary/aromatic N) is 13. The highest BCUT2D eigenvalue weighted by molar-refractivity contribution is 14.1. The van der Waals surface area contributed by atoms with E-state index in [4.69, 9.17) is 5.73 Å². The van der Waals surface area contributed by atoms with Gasteiger partial charge in [0, 0.05) is 134 Å². The van der Waals surface area contributed by atoms with Gasteiger partial charge in [-0.05, 0) is 43.3 Å². The van der Waals surface area contributed by atoms with Crippen LogP contribution < -0.4 is 15.8 Å². The summed E-state index contributed by atoms with van der Waals surface area (Å²) in [6.45, 7) is 2.92. The maximum atomic E-state index is 14.6. The summed E-state index contributed by atoms with van der Waals surface area (Å²) in [5, 5.41) is 46.8. The number of nitrogens with two attached hydrogens (primary N) is 1. The standard InChI is InChI=1S/C15H13FN4O3S.C13H9FN4O3.C13H7FN4O3.C13H9FN4O.C7H4FNO3.C6H3IN3.C2H5ClO2S/c1-2-24(22,23)20-12-5-3-4-9(13(12)16)14(21)10-7-18-15-11(10)6-17-8-19-15;2*14-11-7(2-1-3-10(11)18(20)21)12(19)8-5-16-13-9(8)4-15-6-17-13;14-11-7(2-1-3-10(11)15)12(19)8-5-17-13-9(8)4-16-6-18-13;8-7-5(4-10)2-1-3-6(7)9(11)12;7-5-2-9-6-4(5)1-8-3-10-6;1-2-6(3,4)5/h3-8,20H,2H2,1H3,(H,17,18,19);1-6,12,19H,(H,15,16,17);1-6H,(H,15,16,17);1-6H,15H2,(H,16,17,18);1-4H;1,3H,(H,8,9,10);2H2,1H3/q;;;;;+1;. The summed E-state index contributed by atoms with van der Waals surface area (Å²) in [5.74, 6) is -5.99. The third-order valence-electron chi connectivity index (χ3n) is 15.5. The molecule has 1 aliphatic rings. The molecule has 0 amide bonds. The molecule has 1 aliphatic heterocycles. The molecule has 44 heteroatoms. The first kappa shape index (κ1) is 83.2. The van der Waals surface area contributed by atoms with E-state index < -0.39 is 103 Å². The maximum absolute atomic E-state index is 14.6. The number of hydrogen-bond acceptors (Lipinski definition) is 27. The molecule has 35 nitrogen and oxygen atoms in total. The Hall–Kier alpha value is -13.9. The number of aliphatic hydroxyl groups excluding tert-OH is 1. The molecule has 14 aromatic rings. The topological polar surface area (TPSA) is 528 Å². The molecule has 9 aromatic heterocycles. The number of nitro benzene ring substituents is 3. The van der Waals surface area contributed by atoms with Crippen molar-refractivity contribution in [2.75, 3.05) is 27.3 Å². The zero-order chi connectivity index (χ0) is 82.0. The van der Waals surface area contributed by atoms with Crippen molar-refractivity contribution in [2.45, 2.75) is 20.0 Å². The van der Waals surface area contributed by atoms with Gasteiger partial charge in [0.1, 0.15) is 72.7 Å². The average Bonchev–Trinajstić information content (AvgIpc) is 1.54. The van der Waals surface area contributed by atoms with E-state index in [0.29, 0.717) is 55.3 Å². The van der Waals surface area contributed by atoms with Gasteiger partial charge >= 0.3 is 17.1 Å². The van der Waals surface area contributed by atoms with E-state index >= 15 is 0 Å². The second kappa shape index (κ2) is 37.0. The number of H-pyrrole nitrogens is 4. The van der Waals surface area contributed by atoms with Crippen molar-refractivity contribution in [3.05, 3.63) is 300 Å². The number of aromatic nitrogens is 14. The van der Waals surface area contributed by atoms with Gasteiger partial charge < -0.3 is 30.8 Å². The van der Waals surface area contributed by atoms with Crippen LogP contribution in [-0.4, -0.2) is 142 Å². The molecule has 0 spiro atoms. The number of nitro groups is 3. The summed E-state index contributed by atoms with van der Waals surface area (Å²) in [7, 11) is -2.15. The molecular formula is C69H50ClF5IN20O15S2+. The zero-order valence-corrected chi connectivity index (χ0v) is 61.9. The quantitative estimate of drug-likeness (QED) is 0.00512. The first-order valence-electron chi connectivity index (χ1n) is 31.6. The van der Waals surface area contributed by atoms with E-state index in [1.165, 1.54) is 168 Å². The number of carbonyl (C=O) groups is 4. The van der Waals surface area contributed by atoms with E-state index in [1.54, 1.807) is 6.20 Å². The number of ketones is 3. The van der Waals surface area contributed by atoms with Gasteiger partial charge in [-0.1, -0.05) is 43.3 Å². The minimum atomic E-state index is -3.65. The second-order valence-electron chi connectivity index (χ2n) is 22.3. The van der Waals surface area contributed by atoms with Crippen molar-refractivity contribution in [1.82, 2.24) is 69.8 Å². The number of benzene rings is 5. The van der Waals surface area contributed by atoms with E-state index in [1.807, 2.05) is 0 Å². The summed E-state index contributed by atoms with van der Waals surface area (Å²) in [5.41, 5.74) is 5.88. The number of aldehydes is 1. The molecule has 5 aromatic carbocycles. The molecule has 10 heterocycles. The molecule has 0 radical (unpaired) electrons. The van der Waals surface area contributed by atoms with Crippen molar-refractivity contribution in [3.8, 4) is 0 Å². The fraction of sp³-hybridized carbons (Fsp3) is 0.0725. The first-order valence-corrected chi connectivity index (χ1v) is 36.9. The molecule has 0 saturated carbocycles. The third kappa shape index (κ3) is 20.0. The van der Waals surface area contributed by atoms with E-state index in [-0.39, 0.29) is 68.1 Å². The normalized spacial score (nSPS) is 11.4. The zero-order valence-electron chi connectivity index (χ0n) is 57.3. The summed E-state index contributed by atoms with van der Waals surface area (Å²) in [6, 6.07) is 18.9. The number of aromatic amines is 4. The van der Waals surface area contributed by atoms with Crippen LogP contribution in [0.25, 0.3) is 47.7 Å². The molecule has 9 N–H and O–H groups in total. The van der Waals surface area contributed by atoms with Crippen LogP contribution in [0.5, 0.6) is 0 Å². The van der Waals surface area contributed by atoms with Crippen LogP contribution in [0.15, 0.2) is 178 Å². The van der Waals surface area contributed by atoms with E-state index in [2.05, 4.69) is 119 Å². The summed E-state index contributed by atoms with van der Waals surface area (Å²) in [4.78, 5) is 127. The molecule has 1 unspecified atom stereocenters. The van der Waals surface area contributed by atoms with Crippen molar-refractivity contribution in [3.63, 3.8) is 0 Å². The molecule has 1 atom stereocenters. The third-order valence-corrected chi connectivity index (χ3v) is 19.0. The molecular weight excluding hydrogens is 1670 g/mol. The van der Waals surface area contributed by atoms with Crippen LogP contribution in [0.1, 0.15) is 94.8 Å². The lowest BCUT2D eigenvalue weighted by Gasteiger charge is -2.11. The summed E-state index contributed by atoms with van der Waals surface area (Å²) in [6.07, 6.45) is 22.1. The number of anilines is 3. The van der Waals surface area contributed by atoms with Gasteiger partial charge in [0.2, 0.25) is 45.7 Å². The fourth-order valence-electron chi connectivity index (χ4n) is 9.87. The van der Waals surface area contributed by atoms with Gasteiger partial charge in [0.05, 0.1) is 76.6 Å². The van der Waals surface area contributed by atoms with Crippen LogP contribution in [-0.2, 0) is 19.1 Å². The highest BCUT2D eigenvalue weighted by Gasteiger charge is 2.29. The van der Waals surface area contributed by atoms with Crippen LogP contribution in [0, 0.1) is 65.6 Å². The number of rotatable bonds is 16. The Balaban J connectivity index is 0.000000156. The van der Waals surface area contributed by atoms with Crippen molar-refractivity contribution in [2.24, 2.45) is 0 Å². The van der Waals surface area contributed by atoms with Gasteiger partial charge in [-0.15, -0.1) is 4.98 Å². The van der Waals surface area contributed by atoms with Gasteiger partial charge in [-0.3, -0.25) is 54.2 Å². The predicted molar refractivity (Wildman–Crippen MR) is 406 cm³/mol. The predicted octanol–water partition coefficient (Wildman–Crippen LogP) is 11.9. The number of aliphatic hydroxyl groups is 1. The SMILES string of the molecule is CCS(=O)(=O)Cl.CCS(=O)(=O)Nc1cccc(C(=O)c2c[nH]c3ncncc23)c1F.IC1=[C+]Nc2ncncc21.Nc1cccc(C(=O)c2c[nH]c3ncncc23)c1F.O=C(c1cccc([N+](=O)[O-])c1F)c1c[nH]c2ncncc12.O=Cc1cccc([N+](=O)[O-])c1F.O=[N+]([O-])c1cccc(C(O)c2c[nH]c3ncncc23)c1F. The Kier molecular flexibility index (Phi) is 27.2. The second-order valence-corrected chi connectivity index (χ2v) is 28.5. The Bertz CT molecular complexity index is 6260. The highest BCUT2D eigenvalue weighted by Crippen LogP contribution is 2.34. The van der Waals surface area contributed by atoms with Crippen molar-refractivity contribution < 1.29 is 77.8 Å². The minimum absolute atomic E-state index is 0.00849. The van der Waals surface area contributed by atoms with Crippen LogP contribution in [0.2, 0.25) is 0 Å².